The van der Waals surface area contributed by atoms with Crippen LogP contribution in [0.5, 0.6) is 0 Å². The van der Waals surface area contributed by atoms with Gasteiger partial charge in [-0.25, -0.2) is 17.2 Å². The van der Waals surface area contributed by atoms with E-state index >= 15 is 0 Å². The number of halogens is 3. The molecule has 0 unspecified atom stereocenters. The highest BCUT2D eigenvalue weighted by Gasteiger charge is 2.15. The molecule has 0 heterocycles. The second-order valence-electron chi connectivity index (χ2n) is 4.99. The van der Waals surface area contributed by atoms with Crippen molar-refractivity contribution in [2.45, 2.75) is 6.92 Å². The van der Waals surface area contributed by atoms with Gasteiger partial charge in [0.25, 0.3) is 10.0 Å². The van der Waals surface area contributed by atoms with Crippen LogP contribution in [0.15, 0.2) is 41.8 Å². The summed E-state index contributed by atoms with van der Waals surface area (Å²) in [6, 6.07) is 7.70. The largest absolute Gasteiger partial charge is 0.324 e. The van der Waals surface area contributed by atoms with Gasteiger partial charge in [-0.2, -0.15) is 0 Å². The number of hydrogen-bond acceptors (Lipinski definition) is 3. The van der Waals surface area contributed by atoms with E-state index in [2.05, 4.69) is 5.32 Å². The Morgan fingerprint density at radius 3 is 2.28 bits per heavy atom. The summed E-state index contributed by atoms with van der Waals surface area (Å²) < 4.78 is 53.4. The average Bonchev–Trinajstić information content (AvgIpc) is 2.51. The number of hydrogen-bond donors (Lipinski definition) is 2. The molecule has 2 aromatic carbocycles. The Balaban J connectivity index is 2.24. The molecule has 0 saturated heterocycles. The van der Waals surface area contributed by atoms with Crippen molar-refractivity contribution in [3.8, 4) is 0 Å². The van der Waals surface area contributed by atoms with Crippen LogP contribution in [0.25, 0.3) is 6.08 Å². The van der Waals surface area contributed by atoms with Gasteiger partial charge in [0.1, 0.15) is 11.6 Å². The number of amides is 1. The number of rotatable bonds is 5. The molecule has 9 heteroatoms. The summed E-state index contributed by atoms with van der Waals surface area (Å²) >= 11 is 5.73. The van der Waals surface area contributed by atoms with E-state index in [4.69, 9.17) is 11.6 Å². The van der Waals surface area contributed by atoms with Crippen LogP contribution in [-0.2, 0) is 14.8 Å². The average molecular weight is 387 g/mol. The van der Waals surface area contributed by atoms with Crippen molar-refractivity contribution in [2.24, 2.45) is 0 Å². The van der Waals surface area contributed by atoms with E-state index < -0.39 is 33.3 Å². The smallest absolute Gasteiger partial charge is 0.255 e. The van der Waals surface area contributed by atoms with E-state index in [-0.39, 0.29) is 5.69 Å². The fraction of sp³-hybridized carbons (Fsp3) is 0.0625. The zero-order valence-corrected chi connectivity index (χ0v) is 14.5. The second-order valence-corrected chi connectivity index (χ2v) is 7.00. The topological polar surface area (TPSA) is 75.3 Å². The highest BCUT2D eigenvalue weighted by molar-refractivity contribution is 7.95. The lowest BCUT2D eigenvalue weighted by atomic mass is 10.2. The molecule has 1 amide bonds. The highest BCUT2D eigenvalue weighted by Crippen LogP contribution is 2.24. The van der Waals surface area contributed by atoms with Crippen LogP contribution in [0.3, 0.4) is 0 Å². The van der Waals surface area contributed by atoms with Gasteiger partial charge in [0.2, 0.25) is 5.91 Å². The van der Waals surface area contributed by atoms with Crippen LogP contribution in [-0.4, -0.2) is 14.3 Å². The first-order valence-corrected chi connectivity index (χ1v) is 8.82. The summed E-state index contributed by atoms with van der Waals surface area (Å²) in [5, 5.41) is 3.47. The first-order chi connectivity index (χ1) is 11.7. The number of carbonyl (C=O) groups excluding carboxylic acids is 1. The van der Waals surface area contributed by atoms with E-state index in [0.717, 1.165) is 18.4 Å². The molecule has 2 rings (SSSR count). The van der Waals surface area contributed by atoms with E-state index in [9.17, 15) is 22.0 Å². The van der Waals surface area contributed by atoms with Gasteiger partial charge in [0.15, 0.2) is 0 Å². The predicted octanol–water partition coefficient (Wildman–Crippen LogP) is 3.99. The van der Waals surface area contributed by atoms with Gasteiger partial charge < -0.3 is 5.32 Å². The Morgan fingerprint density at radius 2 is 1.68 bits per heavy atom. The molecule has 0 radical (unpaired) electrons. The normalized spacial score (nSPS) is 11.5. The standard InChI is InChI=1S/C16H13ClF2N2O3S/c1-10(22)20-15-9-16(14(19)8-13(15)18)21-25(23,24)7-6-11-2-4-12(17)5-3-11/h2-9,21H,1H3,(H,20,22)/b7-6+. The Hall–Kier alpha value is -2.45. The van der Waals surface area contributed by atoms with Gasteiger partial charge in [-0.15, -0.1) is 0 Å². The molecule has 0 spiro atoms. The molecule has 25 heavy (non-hydrogen) atoms. The highest BCUT2D eigenvalue weighted by atomic mass is 35.5. The fourth-order valence-corrected chi connectivity index (χ4v) is 2.84. The molecule has 0 aliphatic rings. The van der Waals surface area contributed by atoms with Crippen molar-refractivity contribution < 1.29 is 22.0 Å². The van der Waals surface area contributed by atoms with E-state index in [1.54, 1.807) is 24.3 Å². The molecule has 0 fully saturated rings. The van der Waals surface area contributed by atoms with Crippen molar-refractivity contribution in [3.63, 3.8) is 0 Å². The quantitative estimate of drug-likeness (QED) is 0.815. The number of sulfonamides is 1. The first-order valence-electron chi connectivity index (χ1n) is 6.89. The number of nitrogens with one attached hydrogen (secondary N) is 2. The van der Waals surface area contributed by atoms with E-state index in [0.29, 0.717) is 16.7 Å². The van der Waals surface area contributed by atoms with Crippen LogP contribution in [0, 0.1) is 11.6 Å². The lowest BCUT2D eigenvalue weighted by Crippen LogP contribution is -2.13. The van der Waals surface area contributed by atoms with Crippen LogP contribution >= 0.6 is 11.6 Å². The van der Waals surface area contributed by atoms with Gasteiger partial charge in [-0.3, -0.25) is 9.52 Å². The van der Waals surface area contributed by atoms with Gasteiger partial charge >= 0.3 is 0 Å². The maximum absolute atomic E-state index is 13.8. The molecule has 0 saturated carbocycles. The third-order valence-corrected chi connectivity index (χ3v) is 4.18. The predicted molar refractivity (Wildman–Crippen MR) is 93.7 cm³/mol. The summed E-state index contributed by atoms with van der Waals surface area (Å²) in [6.07, 6.45) is 1.29. The molecule has 2 aromatic rings. The van der Waals surface area contributed by atoms with Crippen LogP contribution in [0.4, 0.5) is 20.2 Å². The molecule has 0 aromatic heterocycles. The van der Waals surface area contributed by atoms with Crippen LogP contribution in [0.1, 0.15) is 12.5 Å². The Labute approximate surface area is 148 Å². The summed E-state index contributed by atoms with van der Waals surface area (Å²) in [5.41, 5.74) is -0.271. The van der Waals surface area contributed by atoms with Crippen LogP contribution < -0.4 is 10.0 Å². The molecule has 5 nitrogen and oxygen atoms in total. The van der Waals surface area contributed by atoms with Crippen molar-refractivity contribution in [3.05, 3.63) is 64.0 Å². The summed E-state index contributed by atoms with van der Waals surface area (Å²) in [7, 11) is -4.06. The maximum Gasteiger partial charge on any atom is 0.255 e. The van der Waals surface area contributed by atoms with E-state index in [1.165, 1.54) is 6.08 Å². The second kappa shape index (κ2) is 7.62. The minimum absolute atomic E-state index is 0.340. The van der Waals surface area contributed by atoms with Gasteiger partial charge in [-0.1, -0.05) is 23.7 Å². The summed E-state index contributed by atoms with van der Waals surface area (Å²) in [6.45, 7) is 1.14. The fourth-order valence-electron chi connectivity index (χ4n) is 1.84. The van der Waals surface area contributed by atoms with Gasteiger partial charge in [0.05, 0.1) is 16.8 Å². The van der Waals surface area contributed by atoms with E-state index in [1.807, 2.05) is 4.72 Å². The molecular weight excluding hydrogens is 374 g/mol. The number of anilines is 2. The van der Waals surface area contributed by atoms with Crippen molar-refractivity contribution in [2.75, 3.05) is 10.0 Å². The van der Waals surface area contributed by atoms with Crippen molar-refractivity contribution in [1.82, 2.24) is 0 Å². The molecule has 0 aliphatic carbocycles. The van der Waals surface area contributed by atoms with Crippen LogP contribution in [0.2, 0.25) is 5.02 Å². The maximum atomic E-state index is 13.8. The third kappa shape index (κ3) is 5.54. The first kappa shape index (κ1) is 18.9. The Kier molecular flexibility index (Phi) is 5.76. The van der Waals surface area contributed by atoms with Crippen molar-refractivity contribution in [1.29, 1.82) is 0 Å². The third-order valence-electron chi connectivity index (χ3n) is 2.93. The van der Waals surface area contributed by atoms with Crippen molar-refractivity contribution >= 4 is 45.0 Å². The molecule has 132 valence electrons. The minimum Gasteiger partial charge on any atom is -0.324 e. The minimum atomic E-state index is -4.06. The lowest BCUT2D eigenvalue weighted by Gasteiger charge is -2.10. The molecule has 2 N–H and O–H groups in total. The molecular formula is C16H13ClF2N2O3S. The number of benzene rings is 2. The number of carbonyl (C=O) groups is 1. The summed E-state index contributed by atoms with van der Waals surface area (Å²) in [5.74, 6) is -2.72. The zero-order valence-electron chi connectivity index (χ0n) is 12.9. The molecule has 0 bridgehead atoms. The van der Waals surface area contributed by atoms with Gasteiger partial charge in [-0.05, 0) is 29.8 Å². The molecule has 0 atom stereocenters. The Bertz CT molecular complexity index is 929. The molecule has 0 aliphatic heterocycles. The lowest BCUT2D eigenvalue weighted by molar-refractivity contribution is -0.114. The zero-order chi connectivity index (χ0) is 18.6. The Morgan fingerprint density at radius 1 is 1.08 bits per heavy atom. The van der Waals surface area contributed by atoms with Gasteiger partial charge in [0, 0.05) is 18.0 Å². The summed E-state index contributed by atoms with van der Waals surface area (Å²) in [4.78, 5) is 11.0. The monoisotopic (exact) mass is 386 g/mol. The SMILES string of the molecule is CC(=O)Nc1cc(NS(=O)(=O)/C=C/c2ccc(Cl)cc2)c(F)cc1F.